The minimum absolute atomic E-state index is 0.389. The minimum atomic E-state index is -0.792. The highest BCUT2D eigenvalue weighted by Crippen LogP contribution is 2.09. The predicted octanol–water partition coefficient (Wildman–Crippen LogP) is 3.20. The summed E-state index contributed by atoms with van der Waals surface area (Å²) >= 11 is 1.81. The fourth-order valence-corrected chi connectivity index (χ4v) is 1.93. The lowest BCUT2D eigenvalue weighted by Gasteiger charge is -2.13. The zero-order valence-electron chi connectivity index (χ0n) is 9.59. The van der Waals surface area contributed by atoms with Gasteiger partial charge in [-0.05, 0) is 43.0 Å². The van der Waals surface area contributed by atoms with Gasteiger partial charge in [0.2, 0.25) is 0 Å². The van der Waals surface area contributed by atoms with Crippen LogP contribution in [0.15, 0.2) is 18.2 Å². The molecule has 4 heteroatoms. The van der Waals surface area contributed by atoms with E-state index in [0.717, 1.165) is 17.7 Å². The lowest BCUT2D eigenvalue weighted by Crippen LogP contribution is -2.26. The summed E-state index contributed by atoms with van der Waals surface area (Å²) < 4.78 is 25.6. The fourth-order valence-electron chi connectivity index (χ4n) is 1.34. The van der Waals surface area contributed by atoms with Crippen LogP contribution >= 0.6 is 11.8 Å². The molecule has 0 aromatic heterocycles. The van der Waals surface area contributed by atoms with Crippen molar-refractivity contribution in [3.63, 3.8) is 0 Å². The summed E-state index contributed by atoms with van der Waals surface area (Å²) in [6.45, 7) is 2.67. The molecule has 16 heavy (non-hydrogen) atoms. The van der Waals surface area contributed by atoms with Crippen LogP contribution in [0.25, 0.3) is 0 Å². The highest BCUT2D eigenvalue weighted by molar-refractivity contribution is 7.98. The van der Waals surface area contributed by atoms with Gasteiger partial charge in [-0.3, -0.25) is 0 Å². The van der Waals surface area contributed by atoms with Gasteiger partial charge in [-0.25, -0.2) is 8.78 Å². The van der Waals surface area contributed by atoms with Gasteiger partial charge < -0.3 is 5.32 Å². The maximum absolute atomic E-state index is 12.9. The molecule has 0 aliphatic rings. The number of hydrogen-bond acceptors (Lipinski definition) is 2. The van der Waals surface area contributed by atoms with Crippen LogP contribution in [0.4, 0.5) is 8.78 Å². The van der Waals surface area contributed by atoms with E-state index in [9.17, 15) is 8.78 Å². The molecule has 0 spiro atoms. The molecule has 0 saturated heterocycles. The van der Waals surface area contributed by atoms with Gasteiger partial charge in [0.05, 0.1) is 0 Å². The first-order valence-corrected chi connectivity index (χ1v) is 6.69. The number of nitrogens with one attached hydrogen (secondary N) is 1. The van der Waals surface area contributed by atoms with Gasteiger partial charge in [0.15, 0.2) is 11.6 Å². The molecule has 0 bridgehead atoms. The molecular formula is C12H17F2NS. The molecule has 1 nitrogen and oxygen atoms in total. The van der Waals surface area contributed by atoms with Crippen LogP contribution in [-0.4, -0.2) is 18.1 Å². The van der Waals surface area contributed by atoms with Crippen LogP contribution in [-0.2, 0) is 6.54 Å². The van der Waals surface area contributed by atoms with Crippen LogP contribution in [0.1, 0.15) is 18.9 Å². The lowest BCUT2D eigenvalue weighted by molar-refractivity contribution is 0.501. The largest absolute Gasteiger partial charge is 0.310 e. The summed E-state index contributed by atoms with van der Waals surface area (Å²) in [4.78, 5) is 0. The van der Waals surface area contributed by atoms with Crippen molar-refractivity contribution in [3.05, 3.63) is 35.4 Å². The molecule has 0 fully saturated rings. The summed E-state index contributed by atoms with van der Waals surface area (Å²) in [5.74, 6) is -0.471. The second kappa shape index (κ2) is 6.86. The van der Waals surface area contributed by atoms with Crippen molar-refractivity contribution in [1.29, 1.82) is 0 Å². The Hall–Kier alpha value is -0.610. The molecule has 1 aromatic rings. The normalized spacial score (nSPS) is 12.8. The topological polar surface area (TPSA) is 12.0 Å². The molecule has 1 N–H and O–H groups in total. The number of benzene rings is 1. The summed E-state index contributed by atoms with van der Waals surface area (Å²) in [6, 6.07) is 4.40. The third kappa shape index (κ3) is 4.49. The first kappa shape index (κ1) is 13.5. The van der Waals surface area contributed by atoms with E-state index in [2.05, 4.69) is 18.5 Å². The average Bonchev–Trinajstić information content (AvgIpc) is 2.28. The molecule has 1 unspecified atom stereocenters. The van der Waals surface area contributed by atoms with Crippen LogP contribution in [0.5, 0.6) is 0 Å². The third-order valence-corrected chi connectivity index (χ3v) is 3.04. The fraction of sp³-hybridized carbons (Fsp3) is 0.500. The molecule has 0 amide bonds. The standard InChI is InChI=1S/C12H17F2NS/c1-9(5-6-16-2)15-8-10-3-4-11(13)12(14)7-10/h3-4,7,9,15H,5-6,8H2,1-2H3. The SMILES string of the molecule is CSCCC(C)NCc1ccc(F)c(F)c1. The predicted molar refractivity (Wildman–Crippen MR) is 65.7 cm³/mol. The molecule has 0 radical (unpaired) electrons. The summed E-state index contributed by atoms with van der Waals surface area (Å²) in [6.07, 6.45) is 3.15. The van der Waals surface area contributed by atoms with Gasteiger partial charge in [0, 0.05) is 12.6 Å². The van der Waals surface area contributed by atoms with Crippen molar-refractivity contribution < 1.29 is 8.78 Å². The number of rotatable bonds is 6. The summed E-state index contributed by atoms with van der Waals surface area (Å²) in [5, 5.41) is 3.28. The second-order valence-corrected chi connectivity index (χ2v) is 4.80. The summed E-state index contributed by atoms with van der Waals surface area (Å²) in [7, 11) is 0. The van der Waals surface area contributed by atoms with Crippen molar-refractivity contribution in [2.24, 2.45) is 0 Å². The first-order valence-electron chi connectivity index (χ1n) is 5.29. The Morgan fingerprint density at radius 2 is 2.06 bits per heavy atom. The number of halogens is 2. The van der Waals surface area contributed by atoms with Crippen molar-refractivity contribution in [2.75, 3.05) is 12.0 Å². The second-order valence-electron chi connectivity index (χ2n) is 3.81. The highest BCUT2D eigenvalue weighted by atomic mass is 32.2. The molecule has 0 aliphatic heterocycles. The molecule has 90 valence electrons. The zero-order chi connectivity index (χ0) is 12.0. The average molecular weight is 245 g/mol. The Morgan fingerprint density at radius 3 is 2.69 bits per heavy atom. The van der Waals surface area contributed by atoms with E-state index in [1.165, 1.54) is 12.1 Å². The van der Waals surface area contributed by atoms with E-state index >= 15 is 0 Å². The minimum Gasteiger partial charge on any atom is -0.310 e. The summed E-state index contributed by atoms with van der Waals surface area (Å²) in [5.41, 5.74) is 0.773. The maximum Gasteiger partial charge on any atom is 0.159 e. The Morgan fingerprint density at radius 1 is 1.31 bits per heavy atom. The molecule has 0 saturated carbocycles. The third-order valence-electron chi connectivity index (χ3n) is 2.39. The maximum atomic E-state index is 12.9. The zero-order valence-corrected chi connectivity index (χ0v) is 10.4. The van der Waals surface area contributed by atoms with Gasteiger partial charge in [0.25, 0.3) is 0 Å². The Bertz CT molecular complexity index is 331. The van der Waals surface area contributed by atoms with Crippen molar-refractivity contribution >= 4 is 11.8 Å². The van der Waals surface area contributed by atoms with E-state index in [1.807, 2.05) is 0 Å². The monoisotopic (exact) mass is 245 g/mol. The van der Waals surface area contributed by atoms with E-state index in [-0.39, 0.29) is 0 Å². The Labute approximate surface area is 99.6 Å². The van der Waals surface area contributed by atoms with Gasteiger partial charge in [-0.1, -0.05) is 6.07 Å². The van der Waals surface area contributed by atoms with E-state index in [0.29, 0.717) is 12.6 Å². The van der Waals surface area contributed by atoms with Crippen LogP contribution in [0.3, 0.4) is 0 Å². The number of hydrogen-bond donors (Lipinski definition) is 1. The molecule has 1 atom stereocenters. The molecular weight excluding hydrogens is 228 g/mol. The lowest BCUT2D eigenvalue weighted by atomic mass is 10.2. The van der Waals surface area contributed by atoms with Gasteiger partial charge in [-0.2, -0.15) is 11.8 Å². The van der Waals surface area contributed by atoms with E-state index in [1.54, 1.807) is 17.8 Å². The van der Waals surface area contributed by atoms with Crippen LogP contribution in [0, 0.1) is 11.6 Å². The van der Waals surface area contributed by atoms with Gasteiger partial charge in [-0.15, -0.1) is 0 Å². The van der Waals surface area contributed by atoms with Crippen LogP contribution < -0.4 is 5.32 Å². The molecule has 0 heterocycles. The first-order chi connectivity index (χ1) is 7.63. The Kier molecular flexibility index (Phi) is 5.77. The Balaban J connectivity index is 2.39. The van der Waals surface area contributed by atoms with Gasteiger partial charge in [0.1, 0.15) is 0 Å². The van der Waals surface area contributed by atoms with E-state index < -0.39 is 11.6 Å². The smallest absolute Gasteiger partial charge is 0.159 e. The van der Waals surface area contributed by atoms with Crippen LogP contribution in [0.2, 0.25) is 0 Å². The molecule has 1 rings (SSSR count). The molecule has 1 aromatic carbocycles. The number of thioether (sulfide) groups is 1. The van der Waals surface area contributed by atoms with Gasteiger partial charge >= 0.3 is 0 Å². The quantitative estimate of drug-likeness (QED) is 0.826. The highest BCUT2D eigenvalue weighted by Gasteiger charge is 2.04. The molecule has 0 aliphatic carbocycles. The van der Waals surface area contributed by atoms with E-state index in [4.69, 9.17) is 0 Å². The van der Waals surface area contributed by atoms with Crippen molar-refractivity contribution in [2.45, 2.75) is 25.9 Å². The van der Waals surface area contributed by atoms with Crippen molar-refractivity contribution in [3.8, 4) is 0 Å². The van der Waals surface area contributed by atoms with Crippen molar-refractivity contribution in [1.82, 2.24) is 5.32 Å².